The molecule has 0 spiro atoms. The van der Waals surface area contributed by atoms with Crippen LogP contribution in [0.2, 0.25) is 18.6 Å². The van der Waals surface area contributed by atoms with E-state index in [1.807, 2.05) is 30.3 Å². The summed E-state index contributed by atoms with van der Waals surface area (Å²) in [5.41, 5.74) is 0. The zero-order chi connectivity index (χ0) is 19.6. The molecule has 3 atom stereocenters. The molecule has 150 valence electrons. The number of aliphatic hydroxyl groups is 2. The lowest BCUT2D eigenvalue weighted by molar-refractivity contribution is 0.00614. The zero-order valence-corrected chi connectivity index (χ0v) is 18.4. The molecule has 0 fully saturated rings. The van der Waals surface area contributed by atoms with E-state index in [1.54, 1.807) is 13.7 Å². The maximum atomic E-state index is 11.1. The molecule has 0 aliphatic carbocycles. The molecule has 26 heavy (non-hydrogen) atoms. The summed E-state index contributed by atoms with van der Waals surface area (Å²) in [7, 11) is -4.02. The Kier molecular flexibility index (Phi) is 10.2. The Morgan fingerprint density at radius 3 is 2.35 bits per heavy atom. The molecule has 1 aromatic rings. The van der Waals surface area contributed by atoms with Crippen LogP contribution in [0.5, 0.6) is 0 Å². The summed E-state index contributed by atoms with van der Waals surface area (Å²) in [5, 5.41) is 19.0. The maximum absolute atomic E-state index is 11.1. The second kappa shape index (κ2) is 11.3. The molecular weight excluding hydrogens is 368 g/mol. The highest BCUT2D eigenvalue weighted by Gasteiger charge is 2.45. The Labute approximate surface area is 159 Å². The highest BCUT2D eigenvalue weighted by Crippen LogP contribution is 2.28. The van der Waals surface area contributed by atoms with Crippen molar-refractivity contribution >= 4 is 22.3 Å². The Hall–Kier alpha value is -0.586. The summed E-state index contributed by atoms with van der Waals surface area (Å²) in [6.07, 6.45) is -0.137. The molecule has 0 saturated heterocycles. The Balaban J connectivity index is 2.76. The monoisotopic (exact) mass is 402 g/mol. The van der Waals surface area contributed by atoms with Gasteiger partial charge in [0, 0.05) is 13.7 Å². The van der Waals surface area contributed by atoms with Crippen LogP contribution < -0.4 is 5.19 Å². The fourth-order valence-corrected chi connectivity index (χ4v) is 10.7. The van der Waals surface area contributed by atoms with E-state index >= 15 is 0 Å². The van der Waals surface area contributed by atoms with Crippen LogP contribution in [0.1, 0.15) is 20.3 Å². The Bertz CT molecular complexity index is 500. The number of aliphatic hydroxyl groups excluding tert-OH is 2. The summed E-state index contributed by atoms with van der Waals surface area (Å²) in [5.74, 6) is 0.388. The zero-order valence-electron chi connectivity index (χ0n) is 16.4. The van der Waals surface area contributed by atoms with Crippen LogP contribution in [0.25, 0.3) is 0 Å². The smallest absolute Gasteiger partial charge is 0.357 e. The lowest BCUT2D eigenvalue weighted by Gasteiger charge is -2.37. The minimum absolute atomic E-state index is 0.111. The third-order valence-corrected chi connectivity index (χ3v) is 11.9. The average Bonchev–Trinajstić information content (AvgIpc) is 2.61. The average molecular weight is 403 g/mol. The van der Waals surface area contributed by atoms with Gasteiger partial charge in [0.2, 0.25) is 0 Å². The van der Waals surface area contributed by atoms with Crippen molar-refractivity contribution in [2.75, 3.05) is 26.9 Å². The summed E-state index contributed by atoms with van der Waals surface area (Å²) in [6, 6.07) is 11.0. The third kappa shape index (κ3) is 7.97. The van der Waals surface area contributed by atoms with Gasteiger partial charge in [0.05, 0.1) is 13.2 Å². The number of hydrogen-bond acceptors (Lipinski definition) is 6. The fraction of sp³-hybridized carbons (Fsp3) is 0.667. The predicted octanol–water partition coefficient (Wildman–Crippen LogP) is 1.48. The molecule has 6 nitrogen and oxygen atoms in total. The standard InChI is InChI=1S/C18H34O6Si2/c1-16(2)15-26(22-3,12-8-11-23-14-17(20)13-19)24-25(4,21)18-9-6-5-7-10-18/h5-7,9-10,16-17,19-21H,8,11-15H2,1-4H3. The van der Waals surface area contributed by atoms with Gasteiger partial charge in [0.15, 0.2) is 0 Å². The maximum Gasteiger partial charge on any atom is 0.357 e. The largest absolute Gasteiger partial charge is 0.411 e. The lowest BCUT2D eigenvalue weighted by Crippen LogP contribution is -2.58. The molecule has 3 unspecified atom stereocenters. The van der Waals surface area contributed by atoms with E-state index in [0.717, 1.165) is 11.2 Å². The van der Waals surface area contributed by atoms with Crippen LogP contribution in [0.4, 0.5) is 0 Å². The van der Waals surface area contributed by atoms with E-state index in [9.17, 15) is 9.90 Å². The van der Waals surface area contributed by atoms with Crippen molar-refractivity contribution in [1.29, 1.82) is 0 Å². The number of rotatable bonds is 13. The van der Waals surface area contributed by atoms with E-state index in [-0.39, 0.29) is 13.2 Å². The first-order chi connectivity index (χ1) is 12.2. The van der Waals surface area contributed by atoms with Gasteiger partial charge >= 0.3 is 17.1 Å². The summed E-state index contributed by atoms with van der Waals surface area (Å²) < 4.78 is 17.7. The van der Waals surface area contributed by atoms with Gasteiger partial charge in [-0.2, -0.15) is 0 Å². The van der Waals surface area contributed by atoms with Gasteiger partial charge in [-0.3, -0.25) is 0 Å². The van der Waals surface area contributed by atoms with Gasteiger partial charge in [-0.25, -0.2) is 0 Å². The van der Waals surface area contributed by atoms with Crippen LogP contribution in [-0.2, 0) is 13.3 Å². The molecule has 3 N–H and O–H groups in total. The second-order valence-electron chi connectivity index (χ2n) is 7.18. The van der Waals surface area contributed by atoms with E-state index in [1.165, 1.54) is 0 Å². The van der Waals surface area contributed by atoms with Crippen molar-refractivity contribution in [1.82, 2.24) is 0 Å². The summed E-state index contributed by atoms with van der Waals surface area (Å²) in [6.45, 7) is 6.29. The fourth-order valence-electron chi connectivity index (χ4n) is 2.93. The van der Waals surface area contributed by atoms with Gasteiger partial charge in [-0.05, 0) is 36.2 Å². The molecule has 0 radical (unpaired) electrons. The van der Waals surface area contributed by atoms with Gasteiger partial charge in [-0.15, -0.1) is 0 Å². The van der Waals surface area contributed by atoms with E-state index < -0.39 is 23.2 Å². The summed E-state index contributed by atoms with van der Waals surface area (Å²) in [4.78, 5) is 11.1. The van der Waals surface area contributed by atoms with Crippen molar-refractivity contribution in [3.05, 3.63) is 30.3 Å². The van der Waals surface area contributed by atoms with Crippen molar-refractivity contribution < 1.29 is 28.3 Å². The minimum Gasteiger partial charge on any atom is -0.411 e. The Morgan fingerprint density at radius 1 is 1.15 bits per heavy atom. The normalized spacial score (nSPS) is 17.7. The molecule has 0 aromatic heterocycles. The van der Waals surface area contributed by atoms with Gasteiger partial charge in [0.25, 0.3) is 0 Å². The third-order valence-electron chi connectivity index (χ3n) is 4.15. The molecule has 8 heteroatoms. The molecule has 0 bridgehead atoms. The molecule has 1 aromatic carbocycles. The van der Waals surface area contributed by atoms with Crippen LogP contribution in [-0.4, -0.2) is 65.2 Å². The summed E-state index contributed by atoms with van der Waals surface area (Å²) >= 11 is 0. The highest BCUT2D eigenvalue weighted by atomic mass is 28.5. The molecule has 1 rings (SSSR count). The minimum atomic E-state index is -3.07. The van der Waals surface area contributed by atoms with Crippen molar-refractivity contribution in [2.45, 2.75) is 45.0 Å². The molecular formula is C18H34O6Si2. The number of benzene rings is 1. The molecule has 0 aliphatic rings. The first-order valence-corrected chi connectivity index (χ1v) is 13.7. The van der Waals surface area contributed by atoms with E-state index in [0.29, 0.717) is 25.0 Å². The predicted molar refractivity (Wildman–Crippen MR) is 107 cm³/mol. The van der Waals surface area contributed by atoms with Crippen LogP contribution in [0.3, 0.4) is 0 Å². The Morgan fingerprint density at radius 2 is 1.81 bits per heavy atom. The molecule has 0 saturated carbocycles. The van der Waals surface area contributed by atoms with Crippen molar-refractivity contribution in [2.24, 2.45) is 5.92 Å². The highest BCUT2D eigenvalue weighted by molar-refractivity contribution is 6.87. The second-order valence-corrected chi connectivity index (χ2v) is 13.7. The number of ether oxygens (including phenoxy) is 1. The van der Waals surface area contributed by atoms with E-state index in [4.69, 9.17) is 18.4 Å². The van der Waals surface area contributed by atoms with Crippen molar-refractivity contribution in [3.8, 4) is 0 Å². The molecule has 0 heterocycles. The van der Waals surface area contributed by atoms with Crippen molar-refractivity contribution in [3.63, 3.8) is 0 Å². The SMILES string of the molecule is CO[Si](CCCOCC(O)CO)(CC(C)C)O[Si](C)(O)c1ccccc1. The topological polar surface area (TPSA) is 88.4 Å². The van der Waals surface area contributed by atoms with E-state index in [2.05, 4.69) is 13.8 Å². The molecule has 0 amide bonds. The first-order valence-electron chi connectivity index (χ1n) is 9.14. The van der Waals surface area contributed by atoms with Gasteiger partial charge < -0.3 is 28.3 Å². The first kappa shape index (κ1) is 23.5. The molecule has 0 aliphatic heterocycles. The van der Waals surface area contributed by atoms with Gasteiger partial charge in [0.1, 0.15) is 6.10 Å². The van der Waals surface area contributed by atoms with Gasteiger partial charge in [-0.1, -0.05) is 44.2 Å². The van der Waals surface area contributed by atoms with Crippen LogP contribution in [0, 0.1) is 5.92 Å². The quantitative estimate of drug-likeness (QED) is 0.342. The lowest BCUT2D eigenvalue weighted by atomic mass is 10.3. The van der Waals surface area contributed by atoms with Crippen LogP contribution in [0.15, 0.2) is 30.3 Å². The number of hydrogen-bond donors (Lipinski definition) is 3. The van der Waals surface area contributed by atoms with Crippen LogP contribution >= 0.6 is 0 Å².